The molecule has 0 unspecified atom stereocenters. The molecule has 0 bridgehead atoms. The van der Waals surface area contributed by atoms with E-state index >= 15 is 0 Å². The highest BCUT2D eigenvalue weighted by Gasteiger charge is 2.58. The van der Waals surface area contributed by atoms with Gasteiger partial charge >= 0.3 is 0 Å². The maximum atomic E-state index is 12.7. The SMILES string of the molecule is C[C@]12C=CC(=O)C=C1C(Cc1ccccc1)=C[C@@H]1[C@@H]2CC[C@]2(C)C(=O)CC[C@@H]12. The fourth-order valence-corrected chi connectivity index (χ4v) is 6.64. The Labute approximate surface area is 167 Å². The van der Waals surface area contributed by atoms with Crippen molar-refractivity contribution in [3.8, 4) is 0 Å². The Hall–Kier alpha value is -2.22. The number of hydrogen-bond acceptors (Lipinski definition) is 2. The van der Waals surface area contributed by atoms with Gasteiger partial charge in [-0.05, 0) is 72.3 Å². The summed E-state index contributed by atoms with van der Waals surface area (Å²) in [5.41, 5.74) is 3.51. The van der Waals surface area contributed by atoms with Gasteiger partial charge in [-0.1, -0.05) is 56.3 Å². The molecular formula is C26H28O2. The van der Waals surface area contributed by atoms with E-state index in [1.54, 1.807) is 6.08 Å². The molecule has 0 heterocycles. The molecule has 0 N–H and O–H groups in total. The van der Waals surface area contributed by atoms with Gasteiger partial charge in [-0.2, -0.15) is 0 Å². The van der Waals surface area contributed by atoms with Gasteiger partial charge < -0.3 is 0 Å². The van der Waals surface area contributed by atoms with E-state index < -0.39 is 0 Å². The van der Waals surface area contributed by atoms with E-state index in [1.165, 1.54) is 16.7 Å². The van der Waals surface area contributed by atoms with Crippen molar-refractivity contribution in [3.63, 3.8) is 0 Å². The largest absolute Gasteiger partial charge is 0.299 e. The van der Waals surface area contributed by atoms with Crippen LogP contribution in [0.2, 0.25) is 0 Å². The van der Waals surface area contributed by atoms with Crippen molar-refractivity contribution in [1.29, 1.82) is 0 Å². The first-order valence-electron chi connectivity index (χ1n) is 10.7. The van der Waals surface area contributed by atoms with E-state index in [-0.39, 0.29) is 16.6 Å². The third-order valence-electron chi connectivity index (χ3n) is 8.25. The predicted octanol–water partition coefficient (Wildman–Crippen LogP) is 5.25. The summed E-state index contributed by atoms with van der Waals surface area (Å²) in [5.74, 6) is 1.90. The lowest BCUT2D eigenvalue weighted by molar-refractivity contribution is -0.130. The summed E-state index contributed by atoms with van der Waals surface area (Å²) in [4.78, 5) is 25.0. The van der Waals surface area contributed by atoms with Gasteiger partial charge in [0, 0.05) is 17.3 Å². The van der Waals surface area contributed by atoms with E-state index in [1.807, 2.05) is 12.1 Å². The van der Waals surface area contributed by atoms with E-state index in [0.717, 1.165) is 32.1 Å². The van der Waals surface area contributed by atoms with Crippen molar-refractivity contribution in [2.75, 3.05) is 0 Å². The molecule has 0 amide bonds. The number of ketones is 2. The standard InChI is InChI=1S/C26H28O2/c1-25-12-10-19(27)16-23(25)18(14-17-6-4-3-5-7-17)15-20-21-8-9-24(28)26(21,2)13-11-22(20)25/h3-7,10,12,15-16,20-22H,8-9,11,13-14H2,1-2H3/t20-,21-,22-,25+,26-/m0/s1. The molecule has 28 heavy (non-hydrogen) atoms. The molecule has 5 rings (SSSR count). The first kappa shape index (κ1) is 17.8. The topological polar surface area (TPSA) is 34.1 Å². The first-order valence-corrected chi connectivity index (χ1v) is 10.7. The van der Waals surface area contributed by atoms with Crippen LogP contribution in [0.1, 0.15) is 45.1 Å². The summed E-state index contributed by atoms with van der Waals surface area (Å²) >= 11 is 0. The summed E-state index contributed by atoms with van der Waals surface area (Å²) in [6, 6.07) is 10.5. The maximum Gasteiger partial charge on any atom is 0.178 e. The Balaban J connectivity index is 1.63. The molecule has 144 valence electrons. The van der Waals surface area contributed by atoms with Gasteiger partial charge in [0.05, 0.1) is 0 Å². The highest BCUT2D eigenvalue weighted by molar-refractivity contribution is 6.02. The second kappa shape index (κ2) is 6.14. The number of carbonyl (C=O) groups excluding carboxylic acids is 2. The van der Waals surface area contributed by atoms with E-state index in [9.17, 15) is 9.59 Å². The number of allylic oxidation sites excluding steroid dienone is 6. The van der Waals surface area contributed by atoms with Crippen molar-refractivity contribution in [1.82, 2.24) is 0 Å². The van der Waals surface area contributed by atoms with Crippen molar-refractivity contribution >= 4 is 11.6 Å². The van der Waals surface area contributed by atoms with Crippen LogP contribution < -0.4 is 0 Å². The van der Waals surface area contributed by atoms with E-state index in [0.29, 0.717) is 23.5 Å². The summed E-state index contributed by atoms with van der Waals surface area (Å²) in [6.07, 6.45) is 12.9. The average molecular weight is 373 g/mol. The molecule has 2 fully saturated rings. The second-order valence-corrected chi connectivity index (χ2v) is 9.64. The molecule has 1 aromatic carbocycles. The fourth-order valence-electron chi connectivity index (χ4n) is 6.64. The molecule has 4 aliphatic carbocycles. The zero-order valence-corrected chi connectivity index (χ0v) is 16.8. The lowest BCUT2D eigenvalue weighted by Crippen LogP contribution is -2.49. The number of fused-ring (bicyclic) bond motifs is 5. The Bertz CT molecular complexity index is 934. The number of hydrogen-bond donors (Lipinski definition) is 0. The Morgan fingerprint density at radius 3 is 2.61 bits per heavy atom. The van der Waals surface area contributed by atoms with Gasteiger partial charge in [-0.25, -0.2) is 0 Å². The third-order valence-corrected chi connectivity index (χ3v) is 8.25. The maximum absolute atomic E-state index is 12.7. The summed E-state index contributed by atoms with van der Waals surface area (Å²) < 4.78 is 0. The van der Waals surface area contributed by atoms with Crippen LogP contribution in [0.4, 0.5) is 0 Å². The summed E-state index contributed by atoms with van der Waals surface area (Å²) in [6.45, 7) is 4.53. The van der Waals surface area contributed by atoms with Crippen LogP contribution >= 0.6 is 0 Å². The second-order valence-electron chi connectivity index (χ2n) is 9.64. The highest BCUT2D eigenvalue weighted by atomic mass is 16.1. The Kier molecular flexibility index (Phi) is 3.91. The molecule has 2 heteroatoms. The van der Waals surface area contributed by atoms with Gasteiger partial charge in [-0.3, -0.25) is 9.59 Å². The van der Waals surface area contributed by atoms with Crippen molar-refractivity contribution in [2.24, 2.45) is 28.6 Å². The smallest absolute Gasteiger partial charge is 0.178 e. The molecule has 0 aromatic heterocycles. The molecule has 5 atom stereocenters. The van der Waals surface area contributed by atoms with Crippen LogP contribution in [-0.4, -0.2) is 11.6 Å². The van der Waals surface area contributed by atoms with Gasteiger partial charge in [0.25, 0.3) is 0 Å². The van der Waals surface area contributed by atoms with Crippen LogP contribution in [0.25, 0.3) is 0 Å². The van der Waals surface area contributed by atoms with Crippen LogP contribution in [0.5, 0.6) is 0 Å². The van der Waals surface area contributed by atoms with Crippen molar-refractivity contribution in [3.05, 3.63) is 71.3 Å². The minimum atomic E-state index is -0.151. The van der Waals surface area contributed by atoms with Crippen molar-refractivity contribution < 1.29 is 9.59 Å². The van der Waals surface area contributed by atoms with Crippen LogP contribution in [0, 0.1) is 28.6 Å². The summed E-state index contributed by atoms with van der Waals surface area (Å²) in [5, 5.41) is 0. The number of benzene rings is 1. The number of carbonyl (C=O) groups is 2. The first-order chi connectivity index (χ1) is 13.4. The monoisotopic (exact) mass is 372 g/mol. The van der Waals surface area contributed by atoms with Gasteiger partial charge in [0.15, 0.2) is 5.78 Å². The average Bonchev–Trinajstić information content (AvgIpc) is 2.99. The normalized spacial score (nSPS) is 39.0. The highest BCUT2D eigenvalue weighted by Crippen LogP contribution is 2.63. The lowest BCUT2D eigenvalue weighted by atomic mass is 9.49. The molecule has 0 spiro atoms. The third kappa shape index (κ3) is 2.46. The van der Waals surface area contributed by atoms with E-state index in [4.69, 9.17) is 0 Å². The molecular weight excluding hydrogens is 344 g/mol. The molecule has 0 aliphatic heterocycles. The quantitative estimate of drug-likeness (QED) is 0.710. The lowest BCUT2D eigenvalue weighted by Gasteiger charge is -2.54. The number of rotatable bonds is 2. The molecule has 0 saturated heterocycles. The van der Waals surface area contributed by atoms with E-state index in [2.05, 4.69) is 50.3 Å². The minimum Gasteiger partial charge on any atom is -0.299 e. The van der Waals surface area contributed by atoms with Crippen LogP contribution in [-0.2, 0) is 16.0 Å². The zero-order chi connectivity index (χ0) is 19.5. The van der Waals surface area contributed by atoms with Gasteiger partial charge in [-0.15, -0.1) is 0 Å². The van der Waals surface area contributed by atoms with Gasteiger partial charge in [0.1, 0.15) is 5.78 Å². The molecule has 4 aliphatic rings. The van der Waals surface area contributed by atoms with Crippen LogP contribution in [0.3, 0.4) is 0 Å². The Morgan fingerprint density at radius 1 is 1.04 bits per heavy atom. The molecule has 2 nitrogen and oxygen atoms in total. The molecule has 0 radical (unpaired) electrons. The molecule has 2 saturated carbocycles. The number of Topliss-reactive ketones (excluding diaryl/α,β-unsaturated/α-hetero) is 1. The fraction of sp³-hybridized carbons (Fsp3) is 0.462. The van der Waals surface area contributed by atoms with Crippen molar-refractivity contribution in [2.45, 2.75) is 46.0 Å². The molecule has 1 aromatic rings. The minimum absolute atomic E-state index is 0.0987. The summed E-state index contributed by atoms with van der Waals surface area (Å²) in [7, 11) is 0. The van der Waals surface area contributed by atoms with Crippen LogP contribution in [0.15, 0.2) is 65.8 Å². The zero-order valence-electron chi connectivity index (χ0n) is 16.8. The predicted molar refractivity (Wildman–Crippen MR) is 111 cm³/mol. The van der Waals surface area contributed by atoms with Gasteiger partial charge in [0.2, 0.25) is 0 Å². The Morgan fingerprint density at radius 2 is 1.82 bits per heavy atom.